The van der Waals surface area contributed by atoms with Gasteiger partial charge in [0.15, 0.2) is 0 Å². The number of nitrogens with zero attached hydrogens (tertiary/aromatic N) is 2. The maximum atomic E-state index is 10.5. The van der Waals surface area contributed by atoms with Gasteiger partial charge in [-0.3, -0.25) is 10.1 Å². The van der Waals surface area contributed by atoms with Gasteiger partial charge in [-0.15, -0.1) is 11.6 Å². The molecular formula is C8H7Cl2N3O2. The molecule has 0 atom stereocenters. The number of nitro groups is 1. The van der Waals surface area contributed by atoms with E-state index >= 15 is 0 Å². The van der Waals surface area contributed by atoms with Crippen LogP contribution in [0.1, 0.15) is 0 Å². The molecule has 2 N–H and O–H groups in total. The smallest absolute Gasteiger partial charge is 0.288 e. The maximum Gasteiger partial charge on any atom is 0.288 e. The molecular weight excluding hydrogens is 241 g/mol. The van der Waals surface area contributed by atoms with Crippen molar-refractivity contribution in [3.63, 3.8) is 0 Å². The predicted octanol–water partition coefficient (Wildman–Crippen LogP) is 2.48. The number of benzene rings is 1. The Morgan fingerprint density at radius 1 is 1.60 bits per heavy atom. The molecule has 0 fully saturated rings. The summed E-state index contributed by atoms with van der Waals surface area (Å²) in [5.74, 6) is 0.316. The van der Waals surface area contributed by atoms with Gasteiger partial charge in [-0.25, -0.2) is 4.99 Å². The van der Waals surface area contributed by atoms with Gasteiger partial charge in [0.05, 0.1) is 16.5 Å². The summed E-state index contributed by atoms with van der Waals surface area (Å²) in [5, 5.41) is 10.5. The van der Waals surface area contributed by atoms with Crippen LogP contribution in [-0.4, -0.2) is 16.6 Å². The first-order valence-electron chi connectivity index (χ1n) is 3.87. The molecule has 7 heteroatoms. The number of alkyl halides is 1. The van der Waals surface area contributed by atoms with Crippen molar-refractivity contribution >= 4 is 40.4 Å². The van der Waals surface area contributed by atoms with Gasteiger partial charge >= 0.3 is 0 Å². The fourth-order valence-electron chi connectivity index (χ4n) is 0.909. The number of amidine groups is 1. The summed E-state index contributed by atoms with van der Waals surface area (Å²) in [6.07, 6.45) is 0. The first kappa shape index (κ1) is 11.7. The van der Waals surface area contributed by atoms with Crippen molar-refractivity contribution in [1.29, 1.82) is 0 Å². The van der Waals surface area contributed by atoms with Gasteiger partial charge in [0, 0.05) is 6.07 Å². The average molecular weight is 248 g/mol. The van der Waals surface area contributed by atoms with E-state index in [4.69, 9.17) is 28.9 Å². The molecule has 1 rings (SSSR count). The molecule has 0 aliphatic rings. The van der Waals surface area contributed by atoms with Gasteiger partial charge in [-0.05, 0) is 12.1 Å². The molecule has 1 aromatic rings. The van der Waals surface area contributed by atoms with Gasteiger partial charge < -0.3 is 5.73 Å². The van der Waals surface area contributed by atoms with Crippen molar-refractivity contribution < 1.29 is 4.92 Å². The number of hydrogen-bond donors (Lipinski definition) is 1. The quantitative estimate of drug-likeness (QED) is 0.293. The van der Waals surface area contributed by atoms with Gasteiger partial charge in [0.25, 0.3) is 5.69 Å². The lowest BCUT2D eigenvalue weighted by molar-refractivity contribution is -0.384. The molecule has 0 amide bonds. The van der Waals surface area contributed by atoms with Crippen molar-refractivity contribution in [3.05, 3.63) is 33.3 Å². The molecule has 0 aliphatic carbocycles. The van der Waals surface area contributed by atoms with Crippen LogP contribution >= 0.6 is 23.2 Å². The summed E-state index contributed by atoms with van der Waals surface area (Å²) in [7, 11) is 0. The second-order valence-electron chi connectivity index (χ2n) is 2.63. The highest BCUT2D eigenvalue weighted by atomic mass is 35.5. The number of halogens is 2. The first-order valence-corrected chi connectivity index (χ1v) is 4.78. The molecule has 5 nitrogen and oxygen atoms in total. The van der Waals surface area contributed by atoms with Crippen LogP contribution in [-0.2, 0) is 0 Å². The van der Waals surface area contributed by atoms with E-state index in [9.17, 15) is 10.1 Å². The zero-order chi connectivity index (χ0) is 11.4. The lowest BCUT2D eigenvalue weighted by Gasteiger charge is -1.98. The average Bonchev–Trinajstić information content (AvgIpc) is 2.17. The molecule has 0 bridgehead atoms. The Morgan fingerprint density at radius 2 is 2.27 bits per heavy atom. The number of nitrogens with two attached hydrogens (primary N) is 1. The largest absolute Gasteiger partial charge is 0.386 e. The van der Waals surface area contributed by atoms with Crippen LogP contribution in [0.2, 0.25) is 5.02 Å². The molecule has 0 aromatic heterocycles. The molecule has 0 spiro atoms. The van der Waals surface area contributed by atoms with Crippen molar-refractivity contribution in [2.45, 2.75) is 0 Å². The summed E-state index contributed by atoms with van der Waals surface area (Å²) >= 11 is 11.1. The van der Waals surface area contributed by atoms with Gasteiger partial charge in [0.1, 0.15) is 10.9 Å². The number of aliphatic imine (C=N–C) groups is 1. The zero-order valence-corrected chi connectivity index (χ0v) is 9.00. The summed E-state index contributed by atoms with van der Waals surface area (Å²) in [5.41, 5.74) is 5.66. The van der Waals surface area contributed by atoms with E-state index < -0.39 is 4.92 Å². The van der Waals surface area contributed by atoms with Crippen LogP contribution < -0.4 is 5.73 Å². The molecule has 80 valence electrons. The Morgan fingerprint density at radius 3 is 2.73 bits per heavy atom. The van der Waals surface area contributed by atoms with E-state index in [1.807, 2.05) is 0 Å². The van der Waals surface area contributed by atoms with Crippen LogP contribution in [0.3, 0.4) is 0 Å². The van der Waals surface area contributed by atoms with Crippen molar-refractivity contribution in [2.75, 3.05) is 5.88 Å². The normalized spacial score (nSPS) is 11.5. The topological polar surface area (TPSA) is 81.5 Å². The summed E-state index contributed by atoms with van der Waals surface area (Å²) < 4.78 is 0. The summed E-state index contributed by atoms with van der Waals surface area (Å²) in [6.45, 7) is 0. The maximum absolute atomic E-state index is 10.5. The number of rotatable bonds is 3. The predicted molar refractivity (Wildman–Crippen MR) is 60.1 cm³/mol. The molecule has 0 saturated carbocycles. The van der Waals surface area contributed by atoms with Gasteiger partial charge in [-0.2, -0.15) is 0 Å². The zero-order valence-electron chi connectivity index (χ0n) is 7.48. The minimum absolute atomic E-state index is 0.0172. The minimum Gasteiger partial charge on any atom is -0.386 e. The summed E-state index contributed by atoms with van der Waals surface area (Å²) in [4.78, 5) is 13.8. The Bertz CT molecular complexity index is 420. The number of hydrogen-bond acceptors (Lipinski definition) is 3. The SMILES string of the molecule is NC(CCl)=Nc1ccc([N+](=O)[O-])c(Cl)c1. The van der Waals surface area contributed by atoms with E-state index in [1.165, 1.54) is 18.2 Å². The standard InChI is InChI=1S/C8H7Cl2N3O2/c9-4-8(11)12-5-1-2-7(13(14)15)6(10)3-5/h1-3H,4H2,(H2,11,12). The number of nitro benzene ring substituents is 1. The molecule has 0 unspecified atom stereocenters. The van der Waals surface area contributed by atoms with Crippen LogP contribution in [0.4, 0.5) is 11.4 Å². The van der Waals surface area contributed by atoms with Crippen molar-refractivity contribution in [2.24, 2.45) is 10.7 Å². The molecule has 0 radical (unpaired) electrons. The Hall–Kier alpha value is -1.33. The third-order valence-corrected chi connectivity index (χ3v) is 2.11. The fraction of sp³-hybridized carbons (Fsp3) is 0.125. The van der Waals surface area contributed by atoms with Gasteiger partial charge in [0.2, 0.25) is 0 Å². The lowest BCUT2D eigenvalue weighted by atomic mass is 10.3. The fourth-order valence-corrected chi connectivity index (χ4v) is 1.21. The lowest BCUT2D eigenvalue weighted by Crippen LogP contribution is -2.12. The Labute approximate surface area is 95.7 Å². The first-order chi connectivity index (χ1) is 7.04. The molecule has 15 heavy (non-hydrogen) atoms. The molecule has 0 aliphatic heterocycles. The van der Waals surface area contributed by atoms with E-state index in [-0.39, 0.29) is 22.4 Å². The van der Waals surface area contributed by atoms with Crippen LogP contribution in [0, 0.1) is 10.1 Å². The second-order valence-corrected chi connectivity index (χ2v) is 3.30. The van der Waals surface area contributed by atoms with Crippen LogP contribution in [0.5, 0.6) is 0 Å². The van der Waals surface area contributed by atoms with Crippen molar-refractivity contribution in [1.82, 2.24) is 0 Å². The van der Waals surface area contributed by atoms with Crippen LogP contribution in [0.25, 0.3) is 0 Å². The molecule has 0 heterocycles. The Kier molecular flexibility index (Phi) is 3.88. The third-order valence-electron chi connectivity index (χ3n) is 1.54. The monoisotopic (exact) mass is 247 g/mol. The van der Waals surface area contributed by atoms with E-state index in [0.717, 1.165) is 0 Å². The Balaban J connectivity index is 3.07. The molecule has 1 aromatic carbocycles. The highest BCUT2D eigenvalue weighted by molar-refractivity contribution is 6.33. The third kappa shape index (κ3) is 3.07. The van der Waals surface area contributed by atoms with E-state index in [2.05, 4.69) is 4.99 Å². The van der Waals surface area contributed by atoms with Crippen molar-refractivity contribution in [3.8, 4) is 0 Å². The van der Waals surface area contributed by atoms with Crippen LogP contribution in [0.15, 0.2) is 23.2 Å². The highest BCUT2D eigenvalue weighted by Gasteiger charge is 2.11. The van der Waals surface area contributed by atoms with E-state index in [1.54, 1.807) is 0 Å². The molecule has 0 saturated heterocycles. The second kappa shape index (κ2) is 4.95. The van der Waals surface area contributed by atoms with Gasteiger partial charge in [-0.1, -0.05) is 11.6 Å². The highest BCUT2D eigenvalue weighted by Crippen LogP contribution is 2.28. The summed E-state index contributed by atoms with van der Waals surface area (Å²) in [6, 6.07) is 4.07. The minimum atomic E-state index is -0.569. The van der Waals surface area contributed by atoms with E-state index in [0.29, 0.717) is 5.69 Å².